The average molecular weight is 359 g/mol. The maximum absolute atomic E-state index is 5.42. The molecule has 2 aromatic carbocycles. The van der Waals surface area contributed by atoms with Gasteiger partial charge in [-0.2, -0.15) is 0 Å². The molecule has 4 heteroatoms. The van der Waals surface area contributed by atoms with Crippen LogP contribution in [-0.4, -0.2) is 24.9 Å². The largest absolute Gasteiger partial charge is 0.496 e. The number of aliphatic imine (C=N–C) groups is 1. The summed E-state index contributed by atoms with van der Waals surface area (Å²) >= 11 is 3.45. The Morgan fingerprint density at radius 1 is 1.23 bits per heavy atom. The minimum absolute atomic E-state index is 0.649. The van der Waals surface area contributed by atoms with E-state index in [2.05, 4.69) is 27.5 Å². The SMILES string of the molecule is C=CN(Cc1ccccc1OC)C(=NC)c1ccc(Br)cc1. The second-order valence-corrected chi connectivity index (χ2v) is 5.59. The first kappa shape index (κ1) is 16.3. The predicted molar refractivity (Wildman–Crippen MR) is 95.3 cm³/mol. The number of para-hydroxylation sites is 1. The highest BCUT2D eigenvalue weighted by Crippen LogP contribution is 2.21. The summed E-state index contributed by atoms with van der Waals surface area (Å²) in [5, 5.41) is 0. The summed E-state index contributed by atoms with van der Waals surface area (Å²) in [6, 6.07) is 16.0. The topological polar surface area (TPSA) is 24.8 Å². The van der Waals surface area contributed by atoms with Crippen molar-refractivity contribution in [2.45, 2.75) is 6.54 Å². The van der Waals surface area contributed by atoms with Gasteiger partial charge in [0, 0.05) is 22.6 Å². The van der Waals surface area contributed by atoms with Crippen LogP contribution in [0.2, 0.25) is 0 Å². The number of benzene rings is 2. The number of methoxy groups -OCH3 is 1. The number of nitrogens with zero attached hydrogens (tertiary/aromatic N) is 2. The van der Waals surface area contributed by atoms with Gasteiger partial charge >= 0.3 is 0 Å². The van der Waals surface area contributed by atoms with Gasteiger partial charge in [0.2, 0.25) is 0 Å². The Kier molecular flexibility index (Phi) is 5.78. The van der Waals surface area contributed by atoms with Gasteiger partial charge in [-0.15, -0.1) is 0 Å². The number of amidine groups is 1. The normalized spacial score (nSPS) is 11.1. The molecule has 0 saturated carbocycles. The molecule has 0 aliphatic carbocycles. The zero-order valence-corrected chi connectivity index (χ0v) is 14.4. The van der Waals surface area contributed by atoms with Gasteiger partial charge in [0.1, 0.15) is 11.6 Å². The molecule has 0 saturated heterocycles. The molecule has 2 rings (SSSR count). The summed E-state index contributed by atoms with van der Waals surface area (Å²) < 4.78 is 6.46. The van der Waals surface area contributed by atoms with Crippen molar-refractivity contribution in [2.75, 3.05) is 14.2 Å². The zero-order chi connectivity index (χ0) is 15.9. The lowest BCUT2D eigenvalue weighted by molar-refractivity contribution is 0.402. The maximum atomic E-state index is 5.42. The second-order valence-electron chi connectivity index (χ2n) is 4.68. The molecule has 0 bridgehead atoms. The van der Waals surface area contributed by atoms with Crippen LogP contribution in [0, 0.1) is 0 Å². The van der Waals surface area contributed by atoms with E-state index in [0.29, 0.717) is 6.54 Å². The first-order valence-corrected chi connectivity index (χ1v) is 7.72. The summed E-state index contributed by atoms with van der Waals surface area (Å²) in [5.41, 5.74) is 2.13. The van der Waals surface area contributed by atoms with Gasteiger partial charge in [-0.25, -0.2) is 0 Å². The molecule has 2 aromatic rings. The Hall–Kier alpha value is -2.07. The summed E-state index contributed by atoms with van der Waals surface area (Å²) in [7, 11) is 3.47. The number of hydrogen-bond acceptors (Lipinski definition) is 2. The molecule has 0 unspecified atom stereocenters. The highest BCUT2D eigenvalue weighted by Gasteiger charge is 2.13. The summed E-state index contributed by atoms with van der Waals surface area (Å²) in [6.45, 7) is 4.57. The van der Waals surface area contributed by atoms with Crippen molar-refractivity contribution in [2.24, 2.45) is 4.99 Å². The Labute approximate surface area is 140 Å². The Bertz CT molecular complexity index is 665. The van der Waals surface area contributed by atoms with Gasteiger partial charge in [-0.05, 0) is 24.4 Å². The lowest BCUT2D eigenvalue weighted by atomic mass is 10.1. The van der Waals surface area contributed by atoms with E-state index >= 15 is 0 Å². The van der Waals surface area contributed by atoms with E-state index < -0.39 is 0 Å². The quantitative estimate of drug-likeness (QED) is 0.581. The molecule has 114 valence electrons. The molecule has 0 amide bonds. The van der Waals surface area contributed by atoms with E-state index in [4.69, 9.17) is 4.74 Å². The fourth-order valence-electron chi connectivity index (χ4n) is 2.27. The van der Waals surface area contributed by atoms with Gasteiger partial charge in [0.05, 0.1) is 13.7 Å². The van der Waals surface area contributed by atoms with Gasteiger partial charge in [0.15, 0.2) is 0 Å². The van der Waals surface area contributed by atoms with Crippen LogP contribution in [-0.2, 0) is 6.54 Å². The number of hydrogen-bond donors (Lipinski definition) is 0. The molecule has 22 heavy (non-hydrogen) atoms. The summed E-state index contributed by atoms with van der Waals surface area (Å²) in [6.07, 6.45) is 1.79. The molecule has 0 aliphatic heterocycles. The second kappa shape index (κ2) is 7.80. The molecule has 0 radical (unpaired) electrons. The monoisotopic (exact) mass is 358 g/mol. The van der Waals surface area contributed by atoms with Gasteiger partial charge in [-0.1, -0.05) is 52.8 Å². The lowest BCUT2D eigenvalue weighted by Gasteiger charge is -2.23. The van der Waals surface area contributed by atoms with Crippen molar-refractivity contribution < 1.29 is 4.74 Å². The summed E-state index contributed by atoms with van der Waals surface area (Å²) in [5.74, 6) is 1.73. The van der Waals surface area contributed by atoms with Crippen molar-refractivity contribution >= 4 is 21.8 Å². The van der Waals surface area contributed by atoms with Crippen molar-refractivity contribution in [1.82, 2.24) is 4.90 Å². The van der Waals surface area contributed by atoms with E-state index in [9.17, 15) is 0 Å². The molecule has 0 aliphatic rings. The minimum Gasteiger partial charge on any atom is -0.496 e. The molecule has 3 nitrogen and oxygen atoms in total. The van der Waals surface area contributed by atoms with Crippen molar-refractivity contribution in [3.8, 4) is 5.75 Å². The first-order valence-electron chi connectivity index (χ1n) is 6.93. The highest BCUT2D eigenvalue weighted by molar-refractivity contribution is 9.10. The summed E-state index contributed by atoms with van der Waals surface area (Å²) in [4.78, 5) is 6.44. The molecule has 0 atom stereocenters. The van der Waals surface area contributed by atoms with Gasteiger partial charge < -0.3 is 9.64 Å². The predicted octanol–water partition coefficient (Wildman–Crippen LogP) is 4.48. The van der Waals surface area contributed by atoms with E-state index in [1.54, 1.807) is 20.4 Å². The van der Waals surface area contributed by atoms with Crippen LogP contribution in [0.3, 0.4) is 0 Å². The van der Waals surface area contributed by atoms with Crippen molar-refractivity contribution in [3.63, 3.8) is 0 Å². The van der Waals surface area contributed by atoms with Crippen LogP contribution in [0.25, 0.3) is 0 Å². The third kappa shape index (κ3) is 3.77. The smallest absolute Gasteiger partial charge is 0.134 e. The molecular formula is C18H19BrN2O. The Morgan fingerprint density at radius 2 is 1.91 bits per heavy atom. The fraction of sp³-hybridized carbons (Fsp3) is 0.167. The third-order valence-electron chi connectivity index (χ3n) is 3.34. The Morgan fingerprint density at radius 3 is 2.50 bits per heavy atom. The van der Waals surface area contributed by atoms with Gasteiger partial charge in [-0.3, -0.25) is 4.99 Å². The number of rotatable bonds is 5. The zero-order valence-electron chi connectivity index (χ0n) is 12.8. The van der Waals surface area contributed by atoms with Crippen LogP contribution in [0.1, 0.15) is 11.1 Å². The third-order valence-corrected chi connectivity index (χ3v) is 3.87. The van der Waals surface area contributed by atoms with Crippen molar-refractivity contribution in [1.29, 1.82) is 0 Å². The van der Waals surface area contributed by atoms with E-state index in [1.165, 1.54) is 0 Å². The number of ether oxygens (including phenoxy) is 1. The molecule has 0 aromatic heterocycles. The van der Waals surface area contributed by atoms with Crippen LogP contribution in [0.15, 0.2) is 70.8 Å². The molecular weight excluding hydrogens is 340 g/mol. The number of halogens is 1. The van der Waals surface area contributed by atoms with Crippen LogP contribution < -0.4 is 4.74 Å². The van der Waals surface area contributed by atoms with Gasteiger partial charge in [0.25, 0.3) is 0 Å². The highest BCUT2D eigenvalue weighted by atomic mass is 79.9. The standard InChI is InChI=1S/C18H19BrN2O/c1-4-21(13-15-7-5-6-8-17(15)22-3)18(20-2)14-9-11-16(19)12-10-14/h4-12H,1,13H2,2-3H3. The van der Waals surface area contributed by atoms with Crippen LogP contribution in [0.4, 0.5) is 0 Å². The molecule has 0 fully saturated rings. The molecule has 0 spiro atoms. The van der Waals surface area contributed by atoms with E-state index in [1.807, 2.05) is 53.4 Å². The van der Waals surface area contributed by atoms with E-state index in [-0.39, 0.29) is 0 Å². The minimum atomic E-state index is 0.649. The van der Waals surface area contributed by atoms with Crippen LogP contribution in [0.5, 0.6) is 5.75 Å². The van der Waals surface area contributed by atoms with E-state index in [0.717, 1.165) is 27.2 Å². The fourth-order valence-corrected chi connectivity index (χ4v) is 2.53. The van der Waals surface area contributed by atoms with Crippen molar-refractivity contribution in [3.05, 3.63) is 76.9 Å². The lowest BCUT2D eigenvalue weighted by Crippen LogP contribution is -2.26. The first-order chi connectivity index (χ1) is 10.7. The van der Waals surface area contributed by atoms with Crippen LogP contribution >= 0.6 is 15.9 Å². The Balaban J connectivity index is 2.30. The molecule has 0 N–H and O–H groups in total. The average Bonchev–Trinajstić information content (AvgIpc) is 2.56. The molecule has 0 heterocycles. The maximum Gasteiger partial charge on any atom is 0.134 e.